The summed E-state index contributed by atoms with van der Waals surface area (Å²) in [5, 5.41) is 16.4. The number of rotatable bonds is 5. The molecule has 0 spiro atoms. The van der Waals surface area contributed by atoms with Crippen molar-refractivity contribution in [3.8, 4) is 11.7 Å². The van der Waals surface area contributed by atoms with Gasteiger partial charge in [0.1, 0.15) is 0 Å². The van der Waals surface area contributed by atoms with Gasteiger partial charge in [0.25, 0.3) is 5.89 Å². The third kappa shape index (κ3) is 3.53. The number of hydrogen-bond acceptors (Lipinski definition) is 8. The van der Waals surface area contributed by atoms with E-state index in [4.69, 9.17) is 8.83 Å². The molecule has 3 aromatic heterocycles. The highest BCUT2D eigenvalue weighted by Gasteiger charge is 2.25. The molecule has 0 N–H and O–H groups in total. The van der Waals surface area contributed by atoms with Crippen molar-refractivity contribution in [1.29, 1.82) is 0 Å². The number of furan rings is 1. The lowest BCUT2D eigenvalue weighted by atomic mass is 10.0. The molecule has 0 unspecified atom stereocenters. The van der Waals surface area contributed by atoms with E-state index in [1.165, 1.54) is 0 Å². The van der Waals surface area contributed by atoms with E-state index >= 15 is 0 Å². The lowest BCUT2D eigenvalue weighted by molar-refractivity contribution is 0.190. The Balaban J connectivity index is 1.40. The molecule has 1 fully saturated rings. The van der Waals surface area contributed by atoms with E-state index in [-0.39, 0.29) is 0 Å². The first kappa shape index (κ1) is 15.8. The average molecular weight is 340 g/mol. The summed E-state index contributed by atoms with van der Waals surface area (Å²) in [6.45, 7) is 2.52. The van der Waals surface area contributed by atoms with Crippen LogP contribution in [-0.4, -0.2) is 51.5 Å². The molecule has 1 atom stereocenters. The maximum atomic E-state index is 5.71. The molecule has 0 aromatic carbocycles. The van der Waals surface area contributed by atoms with Crippen molar-refractivity contribution in [2.45, 2.75) is 25.4 Å². The summed E-state index contributed by atoms with van der Waals surface area (Å²) in [5.41, 5.74) is 0. The van der Waals surface area contributed by atoms with Gasteiger partial charge in [0.2, 0.25) is 5.89 Å². The Bertz CT molecular complexity index is 789. The zero-order valence-corrected chi connectivity index (χ0v) is 14.1. The molecule has 4 rings (SSSR count). The Hall–Kier alpha value is -2.74. The Morgan fingerprint density at radius 2 is 2.20 bits per heavy atom. The lowest BCUT2D eigenvalue weighted by Crippen LogP contribution is -2.46. The predicted molar refractivity (Wildman–Crippen MR) is 90.7 cm³/mol. The Morgan fingerprint density at radius 3 is 3.00 bits per heavy atom. The third-order valence-corrected chi connectivity index (χ3v) is 4.49. The zero-order valence-electron chi connectivity index (χ0n) is 14.1. The van der Waals surface area contributed by atoms with E-state index in [0.717, 1.165) is 31.7 Å². The molecule has 0 bridgehead atoms. The summed E-state index contributed by atoms with van der Waals surface area (Å²) in [6.07, 6.45) is 5.54. The van der Waals surface area contributed by atoms with Gasteiger partial charge < -0.3 is 13.7 Å². The molecule has 3 aromatic rings. The number of nitrogens with zero attached hydrogens (tertiary/aromatic N) is 6. The van der Waals surface area contributed by atoms with Gasteiger partial charge in [0.05, 0.1) is 12.8 Å². The first-order chi connectivity index (χ1) is 12.3. The smallest absolute Gasteiger partial charge is 0.283 e. The Kier molecular flexibility index (Phi) is 4.43. The van der Waals surface area contributed by atoms with Crippen LogP contribution >= 0.6 is 0 Å². The van der Waals surface area contributed by atoms with Gasteiger partial charge >= 0.3 is 0 Å². The number of piperidine rings is 1. The van der Waals surface area contributed by atoms with E-state index in [9.17, 15) is 0 Å². The average Bonchev–Trinajstić information content (AvgIpc) is 3.34. The highest BCUT2D eigenvalue weighted by atomic mass is 16.4. The molecule has 8 nitrogen and oxygen atoms in total. The van der Waals surface area contributed by atoms with Crippen molar-refractivity contribution >= 4 is 5.82 Å². The molecular weight excluding hydrogens is 320 g/mol. The summed E-state index contributed by atoms with van der Waals surface area (Å²) < 4.78 is 11.0. The maximum Gasteiger partial charge on any atom is 0.283 e. The number of anilines is 1. The highest BCUT2D eigenvalue weighted by molar-refractivity contribution is 5.42. The van der Waals surface area contributed by atoms with Crippen molar-refractivity contribution in [3.05, 3.63) is 42.6 Å². The topological polar surface area (TPSA) is 84.3 Å². The van der Waals surface area contributed by atoms with Crippen LogP contribution in [0, 0.1) is 0 Å². The molecule has 130 valence electrons. The van der Waals surface area contributed by atoms with E-state index < -0.39 is 0 Å². The molecule has 8 heteroatoms. The zero-order chi connectivity index (χ0) is 17.1. The standard InChI is InChI=1S/C17H20N6O2/c1-22(12-16-20-21-17(25-16)14-6-4-10-24-14)13-5-3-9-23(11-13)15-7-2-8-18-19-15/h2,4,6-8,10,13H,3,5,9,11-12H2,1H3/t13-/m0/s1. The summed E-state index contributed by atoms with van der Waals surface area (Å²) in [6, 6.07) is 7.93. The van der Waals surface area contributed by atoms with Gasteiger partial charge in [-0.3, -0.25) is 4.90 Å². The minimum atomic E-state index is 0.398. The molecule has 25 heavy (non-hydrogen) atoms. The fraction of sp³-hybridized carbons (Fsp3) is 0.412. The fourth-order valence-electron chi connectivity index (χ4n) is 3.14. The van der Waals surface area contributed by atoms with Crippen molar-refractivity contribution in [3.63, 3.8) is 0 Å². The molecule has 0 saturated carbocycles. The second kappa shape index (κ2) is 7.02. The fourth-order valence-corrected chi connectivity index (χ4v) is 3.14. The van der Waals surface area contributed by atoms with Crippen LogP contribution < -0.4 is 4.90 Å². The van der Waals surface area contributed by atoms with Gasteiger partial charge in [-0.15, -0.1) is 15.3 Å². The van der Waals surface area contributed by atoms with Crippen LogP contribution in [-0.2, 0) is 6.54 Å². The number of likely N-dealkylation sites (N-methyl/N-ethyl adjacent to an activating group) is 1. The van der Waals surface area contributed by atoms with Gasteiger partial charge in [0.15, 0.2) is 11.6 Å². The molecule has 1 aliphatic rings. The number of aromatic nitrogens is 4. The van der Waals surface area contributed by atoms with E-state index in [2.05, 4.69) is 37.2 Å². The third-order valence-electron chi connectivity index (χ3n) is 4.49. The molecule has 0 radical (unpaired) electrons. The molecule has 4 heterocycles. The van der Waals surface area contributed by atoms with Crippen molar-refractivity contribution in [2.24, 2.45) is 0 Å². The Labute approximate surface area is 145 Å². The van der Waals surface area contributed by atoms with Crippen LogP contribution in [0.15, 0.2) is 45.6 Å². The van der Waals surface area contributed by atoms with Crippen LogP contribution in [0.1, 0.15) is 18.7 Å². The van der Waals surface area contributed by atoms with Gasteiger partial charge in [-0.1, -0.05) is 0 Å². The summed E-state index contributed by atoms with van der Waals surface area (Å²) in [4.78, 5) is 4.53. The normalized spacial score (nSPS) is 18.0. The second-order valence-electron chi connectivity index (χ2n) is 6.22. The van der Waals surface area contributed by atoms with Crippen LogP contribution in [0.3, 0.4) is 0 Å². The quantitative estimate of drug-likeness (QED) is 0.699. The molecule has 1 saturated heterocycles. The SMILES string of the molecule is CN(Cc1nnc(-c2ccco2)o1)[C@H]1CCCN(c2cccnn2)C1. The van der Waals surface area contributed by atoms with Crippen LogP contribution in [0.5, 0.6) is 0 Å². The van der Waals surface area contributed by atoms with Crippen molar-refractivity contribution < 1.29 is 8.83 Å². The predicted octanol–water partition coefficient (Wildman–Crippen LogP) is 2.22. The minimum Gasteiger partial charge on any atom is -0.459 e. The summed E-state index contributed by atoms with van der Waals surface area (Å²) in [5.74, 6) is 2.52. The number of hydrogen-bond donors (Lipinski definition) is 0. The highest BCUT2D eigenvalue weighted by Crippen LogP contribution is 2.22. The van der Waals surface area contributed by atoms with Crippen LogP contribution in [0.2, 0.25) is 0 Å². The van der Waals surface area contributed by atoms with E-state index in [1.807, 2.05) is 12.1 Å². The van der Waals surface area contributed by atoms with Gasteiger partial charge in [0, 0.05) is 25.3 Å². The van der Waals surface area contributed by atoms with Gasteiger partial charge in [-0.25, -0.2) is 0 Å². The summed E-state index contributed by atoms with van der Waals surface area (Å²) >= 11 is 0. The first-order valence-electron chi connectivity index (χ1n) is 8.39. The maximum absolute atomic E-state index is 5.71. The first-order valence-corrected chi connectivity index (χ1v) is 8.39. The van der Waals surface area contributed by atoms with Crippen LogP contribution in [0.4, 0.5) is 5.82 Å². The minimum absolute atomic E-state index is 0.398. The lowest BCUT2D eigenvalue weighted by Gasteiger charge is -2.37. The monoisotopic (exact) mass is 340 g/mol. The van der Waals surface area contributed by atoms with Gasteiger partial charge in [-0.05, 0) is 44.2 Å². The van der Waals surface area contributed by atoms with Gasteiger partial charge in [-0.2, -0.15) is 5.10 Å². The summed E-state index contributed by atoms with van der Waals surface area (Å²) in [7, 11) is 2.08. The molecular formula is C17H20N6O2. The van der Waals surface area contributed by atoms with Crippen molar-refractivity contribution in [1.82, 2.24) is 25.3 Å². The Morgan fingerprint density at radius 1 is 1.24 bits per heavy atom. The van der Waals surface area contributed by atoms with Crippen molar-refractivity contribution in [2.75, 3.05) is 25.0 Å². The molecule has 1 aliphatic heterocycles. The largest absolute Gasteiger partial charge is 0.459 e. The van der Waals surface area contributed by atoms with E-state index in [1.54, 1.807) is 24.6 Å². The van der Waals surface area contributed by atoms with Crippen LogP contribution in [0.25, 0.3) is 11.7 Å². The molecule has 0 amide bonds. The van der Waals surface area contributed by atoms with E-state index in [0.29, 0.717) is 30.1 Å². The molecule has 0 aliphatic carbocycles. The second-order valence-corrected chi connectivity index (χ2v) is 6.22.